The third kappa shape index (κ3) is 3.71. The van der Waals surface area contributed by atoms with Gasteiger partial charge in [0.05, 0.1) is 0 Å². The number of amides is 1. The number of hydrogen-bond acceptors (Lipinski definition) is 5. The summed E-state index contributed by atoms with van der Waals surface area (Å²) in [6.07, 6.45) is 0. The van der Waals surface area contributed by atoms with E-state index in [9.17, 15) is 10.0 Å². The molecular weight excluding hydrogens is 354 g/mol. The molecule has 28 heavy (non-hydrogen) atoms. The highest BCUT2D eigenvalue weighted by Crippen LogP contribution is 2.23. The SMILES string of the molecule is CCN(CC)c1ccc2cc(C(=O)Nc3cccc(C)c3C)c(=NO)oc2c1. The molecule has 0 spiro atoms. The Morgan fingerprint density at radius 1 is 1.14 bits per heavy atom. The lowest BCUT2D eigenvalue weighted by molar-refractivity contribution is 0.102. The maximum atomic E-state index is 12.8. The summed E-state index contributed by atoms with van der Waals surface area (Å²) in [5, 5.41) is 16.2. The zero-order valence-electron chi connectivity index (χ0n) is 16.6. The fourth-order valence-electron chi connectivity index (χ4n) is 3.21. The van der Waals surface area contributed by atoms with Crippen molar-refractivity contribution in [2.45, 2.75) is 27.7 Å². The molecule has 0 aliphatic rings. The van der Waals surface area contributed by atoms with Gasteiger partial charge in [0, 0.05) is 35.9 Å². The molecule has 146 valence electrons. The summed E-state index contributed by atoms with van der Waals surface area (Å²) >= 11 is 0. The standard InChI is InChI=1S/C22H25N3O3/c1-5-25(6-2)17-11-10-16-12-18(22(24-27)28-20(16)13-17)21(26)23-19-9-7-8-14(3)15(19)4/h7-13,27H,5-6H2,1-4H3,(H,23,26). The Balaban J connectivity index is 2.02. The number of carbonyl (C=O) groups is 1. The van der Waals surface area contributed by atoms with Crippen LogP contribution in [0.15, 0.2) is 52.0 Å². The highest BCUT2D eigenvalue weighted by Gasteiger charge is 2.15. The van der Waals surface area contributed by atoms with Crippen molar-refractivity contribution in [2.24, 2.45) is 5.16 Å². The minimum absolute atomic E-state index is 0.119. The third-order valence-corrected chi connectivity index (χ3v) is 5.05. The normalized spacial score (nSPS) is 11.6. The molecule has 2 N–H and O–H groups in total. The first-order chi connectivity index (χ1) is 13.5. The molecule has 2 aromatic carbocycles. The van der Waals surface area contributed by atoms with E-state index in [1.807, 2.05) is 50.2 Å². The van der Waals surface area contributed by atoms with Gasteiger partial charge in [-0.25, -0.2) is 0 Å². The zero-order valence-corrected chi connectivity index (χ0v) is 16.6. The van der Waals surface area contributed by atoms with Crippen LogP contribution in [0.3, 0.4) is 0 Å². The topological polar surface area (TPSA) is 78.1 Å². The van der Waals surface area contributed by atoms with Crippen LogP contribution < -0.4 is 15.8 Å². The summed E-state index contributed by atoms with van der Waals surface area (Å²) in [6, 6.07) is 13.2. The Kier molecular flexibility index (Phi) is 5.68. The van der Waals surface area contributed by atoms with Crippen molar-refractivity contribution in [3.63, 3.8) is 0 Å². The summed E-state index contributed by atoms with van der Waals surface area (Å²) in [7, 11) is 0. The van der Waals surface area contributed by atoms with Gasteiger partial charge in [0.15, 0.2) is 0 Å². The molecule has 3 rings (SSSR count). The van der Waals surface area contributed by atoms with Crippen molar-refractivity contribution in [3.05, 3.63) is 64.7 Å². The van der Waals surface area contributed by atoms with Crippen molar-refractivity contribution in [2.75, 3.05) is 23.3 Å². The number of fused-ring (bicyclic) bond motifs is 1. The fourth-order valence-corrected chi connectivity index (χ4v) is 3.21. The van der Waals surface area contributed by atoms with Crippen LogP contribution in [-0.4, -0.2) is 24.2 Å². The largest absolute Gasteiger partial charge is 0.435 e. The maximum Gasteiger partial charge on any atom is 0.268 e. The number of anilines is 2. The minimum atomic E-state index is -0.389. The van der Waals surface area contributed by atoms with Crippen molar-refractivity contribution in [1.82, 2.24) is 0 Å². The van der Waals surface area contributed by atoms with E-state index in [-0.39, 0.29) is 17.0 Å². The van der Waals surface area contributed by atoms with Crippen molar-refractivity contribution in [1.29, 1.82) is 0 Å². The van der Waals surface area contributed by atoms with Crippen molar-refractivity contribution >= 4 is 28.3 Å². The Morgan fingerprint density at radius 2 is 1.89 bits per heavy atom. The van der Waals surface area contributed by atoms with E-state index in [0.29, 0.717) is 11.3 Å². The molecule has 6 nitrogen and oxygen atoms in total. The highest BCUT2D eigenvalue weighted by molar-refractivity contribution is 6.05. The van der Waals surface area contributed by atoms with Crippen molar-refractivity contribution in [3.8, 4) is 0 Å². The third-order valence-electron chi connectivity index (χ3n) is 5.05. The van der Waals surface area contributed by atoms with E-state index in [4.69, 9.17) is 4.42 Å². The molecular formula is C22H25N3O3. The lowest BCUT2D eigenvalue weighted by atomic mass is 10.1. The van der Waals surface area contributed by atoms with Crippen LogP contribution >= 0.6 is 0 Å². The van der Waals surface area contributed by atoms with Crippen molar-refractivity contribution < 1.29 is 14.4 Å². The Bertz CT molecular complexity index is 1080. The molecule has 0 fully saturated rings. The molecule has 1 amide bonds. The van der Waals surface area contributed by atoms with Gasteiger partial charge in [-0.1, -0.05) is 12.1 Å². The average Bonchev–Trinajstić information content (AvgIpc) is 2.71. The molecule has 0 atom stereocenters. The first-order valence-electron chi connectivity index (χ1n) is 9.37. The molecule has 0 bridgehead atoms. The van der Waals surface area contributed by atoms with Gasteiger partial charge >= 0.3 is 0 Å². The molecule has 0 saturated heterocycles. The van der Waals surface area contributed by atoms with Gasteiger partial charge in [-0.2, -0.15) is 0 Å². The smallest absolute Gasteiger partial charge is 0.268 e. The summed E-state index contributed by atoms with van der Waals surface area (Å²) in [6.45, 7) is 9.84. The van der Waals surface area contributed by atoms with Gasteiger partial charge in [0.1, 0.15) is 11.1 Å². The number of rotatable bonds is 5. The molecule has 0 saturated carbocycles. The fraction of sp³-hybridized carbons (Fsp3) is 0.273. The van der Waals surface area contributed by atoms with Gasteiger partial charge in [-0.15, -0.1) is 0 Å². The second-order valence-electron chi connectivity index (χ2n) is 6.66. The van der Waals surface area contributed by atoms with Crippen LogP contribution in [0.1, 0.15) is 35.3 Å². The molecule has 0 aliphatic heterocycles. The van der Waals surface area contributed by atoms with E-state index in [2.05, 4.69) is 29.2 Å². The number of benzene rings is 2. The second kappa shape index (κ2) is 8.17. The summed E-state index contributed by atoms with van der Waals surface area (Å²) in [5.74, 6) is -0.389. The van der Waals surface area contributed by atoms with Crippen LogP contribution in [0.25, 0.3) is 11.0 Å². The average molecular weight is 379 g/mol. The van der Waals surface area contributed by atoms with Gasteiger partial charge in [0.25, 0.3) is 11.5 Å². The Morgan fingerprint density at radius 3 is 2.57 bits per heavy atom. The quantitative estimate of drug-likeness (QED) is 0.507. The molecule has 0 unspecified atom stereocenters. The maximum absolute atomic E-state index is 12.8. The predicted molar refractivity (Wildman–Crippen MR) is 111 cm³/mol. The number of nitrogens with zero attached hydrogens (tertiary/aromatic N) is 2. The van der Waals surface area contributed by atoms with E-state index >= 15 is 0 Å². The summed E-state index contributed by atoms with van der Waals surface area (Å²) < 4.78 is 5.73. The number of hydrogen-bond donors (Lipinski definition) is 2. The van der Waals surface area contributed by atoms with E-state index in [1.54, 1.807) is 6.07 Å². The number of carbonyl (C=O) groups excluding carboxylic acids is 1. The zero-order chi connectivity index (χ0) is 20.3. The number of aryl methyl sites for hydroxylation is 1. The summed E-state index contributed by atoms with van der Waals surface area (Å²) in [4.78, 5) is 15.0. The van der Waals surface area contributed by atoms with Crippen LogP contribution in [0.5, 0.6) is 0 Å². The molecule has 0 radical (unpaired) electrons. The second-order valence-corrected chi connectivity index (χ2v) is 6.66. The molecule has 0 aliphatic carbocycles. The Labute approximate surface area is 164 Å². The first-order valence-corrected chi connectivity index (χ1v) is 9.37. The van der Waals surface area contributed by atoms with Crippen LogP contribution in [0.2, 0.25) is 0 Å². The van der Waals surface area contributed by atoms with Gasteiger partial charge < -0.3 is 19.8 Å². The highest BCUT2D eigenvalue weighted by atomic mass is 16.5. The molecule has 1 heterocycles. The van der Waals surface area contributed by atoms with E-state index in [0.717, 1.165) is 35.3 Å². The monoisotopic (exact) mass is 379 g/mol. The summed E-state index contributed by atoms with van der Waals surface area (Å²) in [5.41, 5.74) is 4.40. The Hall–Kier alpha value is -3.28. The molecule has 6 heteroatoms. The van der Waals surface area contributed by atoms with Crippen LogP contribution in [0, 0.1) is 13.8 Å². The molecule has 1 aromatic heterocycles. The lowest BCUT2D eigenvalue weighted by Crippen LogP contribution is -2.23. The number of nitrogens with one attached hydrogen (secondary N) is 1. The predicted octanol–water partition coefficient (Wildman–Crippen LogP) is 4.44. The van der Waals surface area contributed by atoms with Gasteiger partial charge in [-0.05, 0) is 68.2 Å². The van der Waals surface area contributed by atoms with E-state index in [1.165, 1.54) is 0 Å². The minimum Gasteiger partial charge on any atom is -0.435 e. The molecule has 3 aromatic rings. The van der Waals surface area contributed by atoms with Crippen LogP contribution in [-0.2, 0) is 0 Å². The van der Waals surface area contributed by atoms with Crippen LogP contribution in [0.4, 0.5) is 11.4 Å². The van der Waals surface area contributed by atoms with Gasteiger partial charge in [0.2, 0.25) is 0 Å². The lowest BCUT2D eigenvalue weighted by Gasteiger charge is -2.21. The van der Waals surface area contributed by atoms with Gasteiger partial charge in [-0.3, -0.25) is 4.79 Å². The first kappa shape index (κ1) is 19.5. The van der Waals surface area contributed by atoms with E-state index < -0.39 is 0 Å².